The molecule has 2 aromatic rings. The van der Waals surface area contributed by atoms with Crippen molar-refractivity contribution in [1.82, 2.24) is 9.97 Å². The van der Waals surface area contributed by atoms with Gasteiger partial charge in [-0.25, -0.2) is 4.98 Å². The molecule has 2 aromatic heterocycles. The van der Waals surface area contributed by atoms with Crippen LogP contribution in [0, 0.1) is 13.8 Å². The van der Waals surface area contributed by atoms with Gasteiger partial charge >= 0.3 is 0 Å². The van der Waals surface area contributed by atoms with Crippen LogP contribution in [0.25, 0.3) is 0 Å². The lowest BCUT2D eigenvalue weighted by Crippen LogP contribution is -2.15. The highest BCUT2D eigenvalue weighted by Crippen LogP contribution is 2.32. The molecule has 0 aliphatic heterocycles. The summed E-state index contributed by atoms with van der Waals surface area (Å²) < 4.78 is 0. The Labute approximate surface area is 133 Å². The topological polar surface area (TPSA) is 63.8 Å². The number of aromatic nitrogens is 2. The molecule has 3 N–H and O–H groups in total. The monoisotopic (exact) mass is 318 g/mol. The quantitative estimate of drug-likeness (QED) is 0.849. The van der Waals surface area contributed by atoms with Crippen LogP contribution in [0.3, 0.4) is 0 Å². The van der Waals surface area contributed by atoms with Crippen LogP contribution in [-0.4, -0.2) is 15.0 Å². The number of thiazole rings is 1. The van der Waals surface area contributed by atoms with Crippen LogP contribution >= 0.6 is 23.6 Å². The third kappa shape index (κ3) is 2.91. The number of nitrogens with two attached hydrogens (primary N) is 1. The van der Waals surface area contributed by atoms with E-state index in [4.69, 9.17) is 22.9 Å². The van der Waals surface area contributed by atoms with E-state index in [-0.39, 0.29) is 0 Å². The highest BCUT2D eigenvalue weighted by molar-refractivity contribution is 7.80. The Bertz CT molecular complexity index is 682. The van der Waals surface area contributed by atoms with Gasteiger partial charge in [-0.2, -0.15) is 0 Å². The zero-order valence-corrected chi connectivity index (χ0v) is 13.8. The Hall–Kier alpha value is -1.53. The number of aryl methyl sites for hydroxylation is 4. The van der Waals surface area contributed by atoms with Gasteiger partial charge in [-0.1, -0.05) is 12.2 Å². The van der Waals surface area contributed by atoms with Crippen LogP contribution in [0.5, 0.6) is 0 Å². The van der Waals surface area contributed by atoms with Crippen LogP contribution in [-0.2, 0) is 12.8 Å². The van der Waals surface area contributed by atoms with Crippen molar-refractivity contribution in [2.45, 2.75) is 39.5 Å². The van der Waals surface area contributed by atoms with Crippen molar-refractivity contribution in [2.24, 2.45) is 5.73 Å². The van der Waals surface area contributed by atoms with Crippen molar-refractivity contribution in [3.63, 3.8) is 0 Å². The van der Waals surface area contributed by atoms with Crippen molar-refractivity contribution in [3.05, 3.63) is 33.6 Å². The zero-order valence-electron chi connectivity index (χ0n) is 12.2. The summed E-state index contributed by atoms with van der Waals surface area (Å²) in [6.45, 7) is 3.90. The van der Waals surface area contributed by atoms with Crippen molar-refractivity contribution >= 4 is 39.4 Å². The molecular formula is C15H18N4S2. The lowest BCUT2D eigenvalue weighted by Gasteiger charge is -2.12. The minimum absolute atomic E-state index is 0.365. The number of thiocarbonyl (C=S) groups is 1. The number of pyridine rings is 1. The average Bonchev–Trinajstić information content (AvgIpc) is 2.79. The van der Waals surface area contributed by atoms with Crippen LogP contribution in [0.4, 0.5) is 10.8 Å². The van der Waals surface area contributed by atoms with E-state index in [9.17, 15) is 0 Å². The summed E-state index contributed by atoms with van der Waals surface area (Å²) in [5.41, 5.74) is 10.6. The molecule has 110 valence electrons. The normalized spacial score (nSPS) is 13.8. The van der Waals surface area contributed by atoms with E-state index in [2.05, 4.69) is 10.3 Å². The number of nitrogens with one attached hydrogen (secondary N) is 1. The molecule has 4 nitrogen and oxygen atoms in total. The summed E-state index contributed by atoms with van der Waals surface area (Å²) in [6.07, 6.45) is 4.73. The van der Waals surface area contributed by atoms with E-state index in [1.807, 2.05) is 19.9 Å². The van der Waals surface area contributed by atoms with Crippen LogP contribution in [0.15, 0.2) is 6.07 Å². The number of nitrogens with zero attached hydrogens (tertiary/aromatic N) is 2. The van der Waals surface area contributed by atoms with Crippen LogP contribution < -0.4 is 11.1 Å². The standard InChI is InChI=1S/C15H18N4S2/c1-8-7-11(13(14(16)20)9(2)17-8)19-15-18-10-5-3-4-6-12(10)21-15/h7H,3-6H2,1-2H3,(H2,16,20)(H,17,18,19). The Morgan fingerprint density at radius 3 is 2.76 bits per heavy atom. The summed E-state index contributed by atoms with van der Waals surface area (Å²) in [5.74, 6) is 0. The fourth-order valence-corrected chi connectivity index (χ4v) is 4.08. The molecule has 0 saturated carbocycles. The first-order chi connectivity index (χ1) is 10.0. The summed E-state index contributed by atoms with van der Waals surface area (Å²) in [7, 11) is 0. The Kier molecular flexibility index (Phi) is 3.91. The van der Waals surface area contributed by atoms with Gasteiger partial charge in [0.2, 0.25) is 0 Å². The van der Waals surface area contributed by atoms with E-state index in [0.717, 1.165) is 40.6 Å². The van der Waals surface area contributed by atoms with E-state index < -0.39 is 0 Å². The third-order valence-corrected chi connectivity index (χ3v) is 4.94. The summed E-state index contributed by atoms with van der Waals surface area (Å²) in [4.78, 5) is 10.9. The molecule has 0 saturated heterocycles. The molecule has 0 amide bonds. The van der Waals surface area contributed by atoms with Crippen molar-refractivity contribution in [1.29, 1.82) is 0 Å². The summed E-state index contributed by atoms with van der Waals surface area (Å²) in [6, 6.07) is 1.97. The second-order valence-corrected chi connectivity index (χ2v) is 6.88. The van der Waals surface area contributed by atoms with E-state index in [1.54, 1.807) is 11.3 Å². The second-order valence-electron chi connectivity index (χ2n) is 5.36. The molecular weight excluding hydrogens is 300 g/mol. The first kappa shape index (κ1) is 14.4. The maximum absolute atomic E-state index is 5.85. The van der Waals surface area contributed by atoms with Gasteiger partial charge < -0.3 is 11.1 Å². The molecule has 3 rings (SSSR count). The Morgan fingerprint density at radius 2 is 2.05 bits per heavy atom. The van der Waals surface area contributed by atoms with Crippen molar-refractivity contribution in [3.8, 4) is 0 Å². The average molecular weight is 318 g/mol. The highest BCUT2D eigenvalue weighted by Gasteiger charge is 2.17. The smallest absolute Gasteiger partial charge is 0.187 e. The van der Waals surface area contributed by atoms with Crippen LogP contribution in [0.2, 0.25) is 0 Å². The van der Waals surface area contributed by atoms with Crippen molar-refractivity contribution in [2.75, 3.05) is 5.32 Å². The fraction of sp³-hybridized carbons (Fsp3) is 0.400. The Balaban J connectivity index is 1.97. The molecule has 0 radical (unpaired) electrons. The highest BCUT2D eigenvalue weighted by atomic mass is 32.1. The molecule has 21 heavy (non-hydrogen) atoms. The lowest BCUT2D eigenvalue weighted by molar-refractivity contribution is 0.683. The molecule has 1 aliphatic carbocycles. The molecule has 6 heteroatoms. The number of fused-ring (bicyclic) bond motifs is 1. The second kappa shape index (κ2) is 5.69. The molecule has 0 spiro atoms. The minimum atomic E-state index is 0.365. The Morgan fingerprint density at radius 1 is 1.29 bits per heavy atom. The lowest BCUT2D eigenvalue weighted by atomic mass is 10.0. The first-order valence-electron chi connectivity index (χ1n) is 7.08. The zero-order chi connectivity index (χ0) is 15.0. The van der Waals surface area contributed by atoms with Gasteiger partial charge in [0.05, 0.1) is 16.9 Å². The van der Waals surface area contributed by atoms with Gasteiger partial charge in [0, 0.05) is 16.3 Å². The summed E-state index contributed by atoms with van der Waals surface area (Å²) in [5, 5.41) is 4.31. The molecule has 2 heterocycles. The van der Waals surface area contributed by atoms with E-state index in [1.165, 1.54) is 23.4 Å². The molecule has 0 atom stereocenters. The number of hydrogen-bond donors (Lipinski definition) is 2. The van der Waals surface area contributed by atoms with Gasteiger partial charge in [0.25, 0.3) is 0 Å². The maximum atomic E-state index is 5.85. The summed E-state index contributed by atoms with van der Waals surface area (Å²) >= 11 is 6.90. The minimum Gasteiger partial charge on any atom is -0.389 e. The third-order valence-electron chi connectivity index (χ3n) is 3.66. The van der Waals surface area contributed by atoms with Crippen molar-refractivity contribution < 1.29 is 0 Å². The predicted molar refractivity (Wildman–Crippen MR) is 91.6 cm³/mol. The SMILES string of the molecule is Cc1cc(Nc2nc3c(s2)CCCC3)c(C(N)=S)c(C)n1. The van der Waals surface area contributed by atoms with E-state index >= 15 is 0 Å². The predicted octanol–water partition coefficient (Wildman–Crippen LogP) is 3.41. The molecule has 0 fully saturated rings. The number of rotatable bonds is 3. The van der Waals surface area contributed by atoms with Crippen LogP contribution in [0.1, 0.15) is 40.4 Å². The number of hydrogen-bond acceptors (Lipinski definition) is 5. The van der Waals surface area contributed by atoms with E-state index in [0.29, 0.717) is 4.99 Å². The van der Waals surface area contributed by atoms with Gasteiger partial charge in [-0.05, 0) is 45.6 Å². The van der Waals surface area contributed by atoms with Gasteiger partial charge in [-0.3, -0.25) is 4.98 Å². The van der Waals surface area contributed by atoms with Gasteiger partial charge in [0.15, 0.2) is 5.13 Å². The maximum Gasteiger partial charge on any atom is 0.187 e. The van der Waals surface area contributed by atoms with Gasteiger partial charge in [0.1, 0.15) is 4.99 Å². The number of anilines is 2. The fourth-order valence-electron chi connectivity index (χ4n) is 2.76. The van der Waals surface area contributed by atoms with Gasteiger partial charge in [-0.15, -0.1) is 11.3 Å². The molecule has 1 aliphatic rings. The molecule has 0 bridgehead atoms. The largest absolute Gasteiger partial charge is 0.389 e. The molecule has 0 unspecified atom stereocenters. The first-order valence-corrected chi connectivity index (χ1v) is 8.30. The molecule has 0 aromatic carbocycles.